The minimum Gasteiger partial charge on any atom is -0.438 e. The van der Waals surface area contributed by atoms with Crippen LogP contribution in [0, 0.1) is 13.8 Å². The highest BCUT2D eigenvalue weighted by Gasteiger charge is 2.31. The first kappa shape index (κ1) is 30.9. The van der Waals surface area contributed by atoms with Gasteiger partial charge in [0.2, 0.25) is 0 Å². The molecule has 4 aromatic rings. The minimum absolute atomic E-state index is 0.0963. The maximum atomic E-state index is 6.81. The van der Waals surface area contributed by atoms with E-state index in [2.05, 4.69) is 65.8 Å². The van der Waals surface area contributed by atoms with Gasteiger partial charge in [-0.05, 0) is 71.2 Å². The molecule has 0 saturated carbocycles. The summed E-state index contributed by atoms with van der Waals surface area (Å²) in [6, 6.07) is 32.5. The Balaban J connectivity index is 1.74. The van der Waals surface area contributed by atoms with Gasteiger partial charge >= 0.3 is 16.8 Å². The molecule has 0 heterocycles. The number of para-hydroxylation sites is 4. The van der Waals surface area contributed by atoms with Crippen LogP contribution in [0.1, 0.15) is 63.8 Å². The van der Waals surface area contributed by atoms with Crippen molar-refractivity contribution in [2.45, 2.75) is 66.2 Å². The quantitative estimate of drug-likeness (QED) is 0.173. The second-order valence-electron chi connectivity index (χ2n) is 12.2. The molecule has 0 amide bonds. The van der Waals surface area contributed by atoms with Crippen molar-refractivity contribution in [1.29, 1.82) is 0 Å². The average Bonchev–Trinajstić information content (AvgIpc) is 2.90. The van der Waals surface area contributed by atoms with Crippen LogP contribution >= 0.6 is 16.8 Å². The fourth-order valence-electron chi connectivity index (χ4n) is 4.34. The number of rotatable bonds is 10. The van der Waals surface area contributed by atoms with Crippen molar-refractivity contribution in [2.75, 3.05) is 5.90 Å². The molecule has 0 radical (unpaired) electrons. The third-order valence-electron chi connectivity index (χ3n) is 6.61. The van der Waals surface area contributed by atoms with Gasteiger partial charge in [0.1, 0.15) is 28.9 Å². The Morgan fingerprint density at radius 3 is 1.07 bits per heavy atom. The van der Waals surface area contributed by atoms with E-state index in [0.29, 0.717) is 5.90 Å². The molecular weight excluding hydrogens is 546 g/mol. The Morgan fingerprint density at radius 2 is 0.732 bits per heavy atom. The van der Waals surface area contributed by atoms with Crippen LogP contribution in [0.4, 0.5) is 0 Å². The zero-order valence-electron chi connectivity index (χ0n) is 25.5. The zero-order valence-corrected chi connectivity index (χ0v) is 27.3. The standard InChI is InChI=1S/C35H42O4P2/c1-26-17-9-13-21-30(26)36-40(37-31-22-14-10-18-27(31)2)25-41(38-32-23-15-11-19-28(32)34(3,4)5)39-33-24-16-12-20-29(33)35(6,7)8/h9-24H,25H2,1-8H3. The maximum Gasteiger partial charge on any atom is 0.302 e. The Kier molecular flexibility index (Phi) is 10.0. The number of hydrogen-bond donors (Lipinski definition) is 0. The number of benzene rings is 4. The van der Waals surface area contributed by atoms with Gasteiger partial charge < -0.3 is 18.1 Å². The van der Waals surface area contributed by atoms with Crippen molar-refractivity contribution >= 4 is 16.8 Å². The molecule has 4 rings (SSSR count). The van der Waals surface area contributed by atoms with Gasteiger partial charge in [-0.2, -0.15) is 0 Å². The maximum absolute atomic E-state index is 6.81. The van der Waals surface area contributed by atoms with E-state index in [1.165, 1.54) is 0 Å². The summed E-state index contributed by atoms with van der Waals surface area (Å²) in [5.74, 6) is 3.69. The predicted molar refractivity (Wildman–Crippen MR) is 174 cm³/mol. The third kappa shape index (κ3) is 8.48. The lowest BCUT2D eigenvalue weighted by Gasteiger charge is -2.29. The van der Waals surface area contributed by atoms with Crippen LogP contribution in [-0.4, -0.2) is 5.90 Å². The van der Waals surface area contributed by atoms with Crippen molar-refractivity contribution in [2.24, 2.45) is 0 Å². The molecule has 6 heteroatoms. The van der Waals surface area contributed by atoms with Gasteiger partial charge in [0, 0.05) is 0 Å². The summed E-state index contributed by atoms with van der Waals surface area (Å²) in [5.41, 5.74) is 4.17. The van der Waals surface area contributed by atoms with Gasteiger partial charge in [0.15, 0.2) is 0 Å². The fraction of sp³-hybridized carbons (Fsp3) is 0.314. The molecule has 0 aliphatic heterocycles. The van der Waals surface area contributed by atoms with Gasteiger partial charge in [0.05, 0.1) is 0 Å². The van der Waals surface area contributed by atoms with Crippen LogP contribution < -0.4 is 18.1 Å². The minimum atomic E-state index is -1.51. The Bertz CT molecular complexity index is 1330. The molecule has 0 spiro atoms. The van der Waals surface area contributed by atoms with Gasteiger partial charge in [-0.3, -0.25) is 0 Å². The van der Waals surface area contributed by atoms with Gasteiger partial charge in [-0.1, -0.05) is 114 Å². The Morgan fingerprint density at radius 1 is 0.439 bits per heavy atom. The van der Waals surface area contributed by atoms with E-state index in [-0.39, 0.29) is 10.8 Å². The Labute approximate surface area is 248 Å². The lowest BCUT2D eigenvalue weighted by atomic mass is 9.86. The molecule has 216 valence electrons. The smallest absolute Gasteiger partial charge is 0.302 e. The number of aryl methyl sites for hydroxylation is 2. The van der Waals surface area contributed by atoms with E-state index in [9.17, 15) is 0 Å². The van der Waals surface area contributed by atoms with Crippen LogP contribution in [-0.2, 0) is 10.8 Å². The average molecular weight is 589 g/mol. The summed E-state index contributed by atoms with van der Waals surface area (Å²) >= 11 is 0. The lowest BCUT2D eigenvalue weighted by Crippen LogP contribution is -2.15. The molecule has 4 nitrogen and oxygen atoms in total. The summed E-state index contributed by atoms with van der Waals surface area (Å²) in [5, 5.41) is 0. The van der Waals surface area contributed by atoms with E-state index in [4.69, 9.17) is 18.1 Å². The first-order valence-electron chi connectivity index (χ1n) is 14.0. The van der Waals surface area contributed by atoms with E-state index < -0.39 is 16.8 Å². The highest BCUT2D eigenvalue weighted by Crippen LogP contribution is 2.55. The van der Waals surface area contributed by atoms with Crippen LogP contribution in [0.2, 0.25) is 0 Å². The van der Waals surface area contributed by atoms with Crippen LogP contribution in [0.15, 0.2) is 97.1 Å². The summed E-state index contributed by atoms with van der Waals surface area (Å²) in [6.45, 7) is 17.3. The summed E-state index contributed by atoms with van der Waals surface area (Å²) in [4.78, 5) is 0. The van der Waals surface area contributed by atoms with Gasteiger partial charge in [0.25, 0.3) is 0 Å². The summed E-state index contributed by atoms with van der Waals surface area (Å²) in [6.07, 6.45) is 0. The monoisotopic (exact) mass is 588 g/mol. The van der Waals surface area contributed by atoms with Gasteiger partial charge in [-0.25, -0.2) is 0 Å². The second-order valence-corrected chi connectivity index (χ2v) is 15.4. The molecule has 0 aliphatic carbocycles. The van der Waals surface area contributed by atoms with E-state index in [1.54, 1.807) is 0 Å². The molecule has 0 saturated heterocycles. The first-order valence-corrected chi connectivity index (χ1v) is 16.7. The lowest BCUT2D eigenvalue weighted by molar-refractivity contribution is 0.456. The van der Waals surface area contributed by atoms with E-state index in [0.717, 1.165) is 45.3 Å². The van der Waals surface area contributed by atoms with E-state index in [1.807, 2.05) is 86.6 Å². The molecule has 4 aromatic carbocycles. The topological polar surface area (TPSA) is 36.9 Å². The molecule has 41 heavy (non-hydrogen) atoms. The highest BCUT2D eigenvalue weighted by molar-refractivity contribution is 7.65. The normalized spacial score (nSPS) is 12.0. The zero-order chi connectivity index (χ0) is 29.6. The molecule has 0 N–H and O–H groups in total. The fourth-order valence-corrected chi connectivity index (χ4v) is 7.69. The van der Waals surface area contributed by atoms with Crippen molar-refractivity contribution in [3.63, 3.8) is 0 Å². The van der Waals surface area contributed by atoms with Crippen LogP contribution in [0.5, 0.6) is 23.0 Å². The van der Waals surface area contributed by atoms with Crippen molar-refractivity contribution < 1.29 is 18.1 Å². The molecule has 0 unspecified atom stereocenters. The van der Waals surface area contributed by atoms with Crippen molar-refractivity contribution in [3.8, 4) is 23.0 Å². The SMILES string of the molecule is Cc1ccccc1OP(CP(Oc1ccccc1C(C)(C)C)Oc1ccccc1C(C)(C)C)Oc1ccccc1C. The molecular formula is C35H42O4P2. The van der Waals surface area contributed by atoms with Crippen molar-refractivity contribution in [3.05, 3.63) is 119 Å². The molecule has 0 aromatic heterocycles. The molecule has 0 atom stereocenters. The first-order chi connectivity index (χ1) is 19.4. The van der Waals surface area contributed by atoms with Gasteiger partial charge in [-0.15, -0.1) is 0 Å². The second kappa shape index (κ2) is 13.3. The summed E-state index contributed by atoms with van der Waals surface area (Å²) in [7, 11) is -2.99. The third-order valence-corrected chi connectivity index (χ3v) is 10.1. The highest BCUT2D eigenvalue weighted by atomic mass is 31.2. The Hall–Kier alpha value is -3.06. The van der Waals surface area contributed by atoms with Crippen LogP contribution in [0.25, 0.3) is 0 Å². The molecule has 0 bridgehead atoms. The largest absolute Gasteiger partial charge is 0.438 e. The molecule has 0 aliphatic rings. The summed E-state index contributed by atoms with van der Waals surface area (Å²) < 4.78 is 26.8. The molecule has 0 fully saturated rings. The predicted octanol–water partition coefficient (Wildman–Crippen LogP) is 11.1. The van der Waals surface area contributed by atoms with Crippen LogP contribution in [0.3, 0.4) is 0 Å². The van der Waals surface area contributed by atoms with E-state index >= 15 is 0 Å². The number of hydrogen-bond acceptors (Lipinski definition) is 4. The van der Waals surface area contributed by atoms with Crippen molar-refractivity contribution in [1.82, 2.24) is 0 Å².